The number of rotatable bonds is 4. The first-order chi connectivity index (χ1) is 10.5. The molecule has 0 saturated carbocycles. The number of hydrazine groups is 1. The molecule has 3 N–H and O–H groups in total. The molecule has 0 spiro atoms. The Kier molecular flexibility index (Phi) is 4.67. The van der Waals surface area contributed by atoms with Gasteiger partial charge in [-0.15, -0.1) is 0 Å². The van der Waals surface area contributed by atoms with Crippen LogP contribution in [0.2, 0.25) is 0 Å². The highest BCUT2D eigenvalue weighted by molar-refractivity contribution is 6.01. The van der Waals surface area contributed by atoms with Crippen LogP contribution in [0.3, 0.4) is 0 Å². The van der Waals surface area contributed by atoms with E-state index in [1.54, 1.807) is 13.1 Å². The van der Waals surface area contributed by atoms with Crippen LogP contribution in [0, 0.1) is 13.8 Å². The zero-order valence-corrected chi connectivity index (χ0v) is 12.8. The lowest BCUT2D eigenvalue weighted by Gasteiger charge is -2.13. The molecule has 1 heterocycles. The second kappa shape index (κ2) is 6.48. The second-order valence-corrected chi connectivity index (χ2v) is 4.91. The van der Waals surface area contributed by atoms with Gasteiger partial charge in [-0.25, -0.2) is 10.6 Å². The molecule has 2 rings (SSSR count). The molecule has 0 aliphatic rings. The van der Waals surface area contributed by atoms with Crippen molar-refractivity contribution in [2.75, 3.05) is 6.61 Å². The van der Waals surface area contributed by atoms with Crippen LogP contribution < -0.4 is 11.3 Å². The first kappa shape index (κ1) is 15.8. The molecule has 0 aliphatic heterocycles. The maximum absolute atomic E-state index is 12.1. The van der Waals surface area contributed by atoms with Gasteiger partial charge in [-0.3, -0.25) is 10.2 Å². The number of esters is 1. The van der Waals surface area contributed by atoms with Crippen LogP contribution in [0.1, 0.15) is 34.1 Å². The zero-order valence-electron chi connectivity index (χ0n) is 12.8. The van der Waals surface area contributed by atoms with Crippen LogP contribution in [0.5, 0.6) is 0 Å². The maximum Gasteiger partial charge on any atom is 0.338 e. The first-order valence-electron chi connectivity index (χ1n) is 6.90. The van der Waals surface area contributed by atoms with E-state index in [0.29, 0.717) is 17.9 Å². The Morgan fingerprint density at radius 2 is 2.05 bits per heavy atom. The van der Waals surface area contributed by atoms with Crippen molar-refractivity contribution in [2.24, 2.45) is 5.84 Å². The third-order valence-electron chi connectivity index (χ3n) is 3.47. The molecule has 2 aromatic rings. The number of aromatic nitrogens is 2. The van der Waals surface area contributed by atoms with Crippen molar-refractivity contribution < 1.29 is 14.3 Å². The summed E-state index contributed by atoms with van der Waals surface area (Å²) in [6.45, 7) is 5.73. The van der Waals surface area contributed by atoms with Gasteiger partial charge in [-0.2, -0.15) is 10.2 Å². The molecular weight excluding hydrogens is 284 g/mol. The van der Waals surface area contributed by atoms with Crippen LogP contribution in [0.25, 0.3) is 10.8 Å². The van der Waals surface area contributed by atoms with Crippen molar-refractivity contribution in [3.63, 3.8) is 0 Å². The molecule has 0 unspecified atom stereocenters. The van der Waals surface area contributed by atoms with E-state index < -0.39 is 0 Å². The van der Waals surface area contributed by atoms with Crippen molar-refractivity contribution in [3.05, 3.63) is 34.6 Å². The smallest absolute Gasteiger partial charge is 0.338 e. The Labute approximate surface area is 127 Å². The molecule has 116 valence electrons. The highest BCUT2D eigenvalue weighted by atomic mass is 16.5. The minimum absolute atomic E-state index is 0.0263. The summed E-state index contributed by atoms with van der Waals surface area (Å²) in [6, 6.07) is 1.82. The maximum atomic E-state index is 12.1. The fourth-order valence-electron chi connectivity index (χ4n) is 2.47. The normalized spacial score (nSPS) is 10.5. The minimum Gasteiger partial charge on any atom is -0.462 e. The molecular formula is C15H18N4O3. The molecule has 0 saturated heterocycles. The molecule has 0 fully saturated rings. The molecule has 0 atom stereocenters. The predicted molar refractivity (Wildman–Crippen MR) is 81.0 cm³/mol. The molecule has 0 radical (unpaired) electrons. The molecule has 22 heavy (non-hydrogen) atoms. The van der Waals surface area contributed by atoms with Crippen LogP contribution in [-0.2, 0) is 16.0 Å². The molecule has 7 nitrogen and oxygen atoms in total. The average molecular weight is 302 g/mol. The van der Waals surface area contributed by atoms with Crippen molar-refractivity contribution in [2.45, 2.75) is 27.2 Å². The number of carbonyl (C=O) groups is 2. The summed E-state index contributed by atoms with van der Waals surface area (Å²) in [7, 11) is 0. The van der Waals surface area contributed by atoms with Crippen molar-refractivity contribution in [3.8, 4) is 0 Å². The number of nitrogens with zero attached hydrogens (tertiary/aromatic N) is 2. The predicted octanol–water partition coefficient (Wildman–Crippen LogP) is 0.956. The Morgan fingerprint density at radius 3 is 2.68 bits per heavy atom. The number of hydrogen-bond donors (Lipinski definition) is 2. The van der Waals surface area contributed by atoms with Crippen molar-refractivity contribution in [1.82, 2.24) is 15.6 Å². The number of amides is 1. The van der Waals surface area contributed by atoms with Gasteiger partial charge in [-0.05, 0) is 38.0 Å². The van der Waals surface area contributed by atoms with Gasteiger partial charge in [0.05, 0.1) is 30.5 Å². The van der Waals surface area contributed by atoms with Crippen molar-refractivity contribution in [1.29, 1.82) is 0 Å². The van der Waals surface area contributed by atoms with Gasteiger partial charge in [0.15, 0.2) is 0 Å². The second-order valence-electron chi connectivity index (χ2n) is 4.91. The monoisotopic (exact) mass is 302 g/mol. The van der Waals surface area contributed by atoms with Crippen LogP contribution in [0.4, 0.5) is 0 Å². The number of hydrogen-bond acceptors (Lipinski definition) is 6. The van der Waals surface area contributed by atoms with Gasteiger partial charge in [0.1, 0.15) is 0 Å². The topological polar surface area (TPSA) is 107 Å². The molecule has 7 heteroatoms. The quantitative estimate of drug-likeness (QED) is 0.377. The van der Waals surface area contributed by atoms with Crippen LogP contribution >= 0.6 is 0 Å². The lowest BCUT2D eigenvalue weighted by atomic mass is 9.95. The summed E-state index contributed by atoms with van der Waals surface area (Å²) in [6.07, 6.45) is 1.61. The number of nitrogens with one attached hydrogen (secondary N) is 1. The summed E-state index contributed by atoms with van der Waals surface area (Å²) < 4.78 is 5.10. The van der Waals surface area contributed by atoms with E-state index in [-0.39, 0.29) is 18.3 Å². The van der Waals surface area contributed by atoms with Crippen molar-refractivity contribution >= 4 is 22.6 Å². The average Bonchev–Trinajstić information content (AvgIpc) is 2.48. The van der Waals surface area contributed by atoms with E-state index in [0.717, 1.165) is 21.9 Å². The Balaban J connectivity index is 2.62. The van der Waals surface area contributed by atoms with E-state index in [9.17, 15) is 9.59 Å². The zero-order chi connectivity index (χ0) is 16.3. The molecule has 0 bridgehead atoms. The van der Waals surface area contributed by atoms with Gasteiger partial charge in [-0.1, -0.05) is 0 Å². The van der Waals surface area contributed by atoms with E-state index in [2.05, 4.69) is 15.6 Å². The largest absolute Gasteiger partial charge is 0.462 e. The first-order valence-corrected chi connectivity index (χ1v) is 6.90. The lowest BCUT2D eigenvalue weighted by molar-refractivity contribution is -0.120. The molecule has 1 aromatic heterocycles. The molecule has 0 aliphatic carbocycles. The number of aryl methyl sites for hydroxylation is 2. The summed E-state index contributed by atoms with van der Waals surface area (Å²) >= 11 is 0. The van der Waals surface area contributed by atoms with Gasteiger partial charge in [0.25, 0.3) is 0 Å². The standard InChI is InChI=1S/C15H18N4O3/c1-4-22-15(21)14-8(2)5-10-11(9(14)3)7-17-19-12(10)6-13(20)18-16/h5,7H,4,6,16H2,1-3H3,(H,18,20). The Bertz CT molecular complexity index is 743. The van der Waals surface area contributed by atoms with E-state index in [1.807, 2.05) is 19.9 Å². The van der Waals surface area contributed by atoms with Gasteiger partial charge in [0.2, 0.25) is 5.91 Å². The van der Waals surface area contributed by atoms with Crippen LogP contribution in [0.15, 0.2) is 12.3 Å². The third-order valence-corrected chi connectivity index (χ3v) is 3.47. The third kappa shape index (κ3) is 2.89. The highest BCUT2D eigenvalue weighted by Gasteiger charge is 2.18. The van der Waals surface area contributed by atoms with E-state index >= 15 is 0 Å². The summed E-state index contributed by atoms with van der Waals surface area (Å²) in [5, 5.41) is 9.47. The fraction of sp³-hybridized carbons (Fsp3) is 0.333. The number of ether oxygens (including phenoxy) is 1. The Morgan fingerprint density at radius 1 is 1.32 bits per heavy atom. The van der Waals surface area contributed by atoms with Gasteiger partial charge >= 0.3 is 5.97 Å². The summed E-state index contributed by atoms with van der Waals surface area (Å²) in [4.78, 5) is 23.6. The molecule has 1 amide bonds. The summed E-state index contributed by atoms with van der Waals surface area (Å²) in [5.41, 5.74) is 4.64. The Hall–Kier alpha value is -2.54. The highest BCUT2D eigenvalue weighted by Crippen LogP contribution is 2.27. The fourth-order valence-corrected chi connectivity index (χ4v) is 2.47. The van der Waals surface area contributed by atoms with Gasteiger partial charge < -0.3 is 4.74 Å². The molecule has 1 aromatic carbocycles. The summed E-state index contributed by atoms with van der Waals surface area (Å²) in [5.74, 6) is 4.39. The number of benzene rings is 1. The van der Waals surface area contributed by atoms with Gasteiger partial charge in [0, 0.05) is 10.8 Å². The van der Waals surface area contributed by atoms with Crippen LogP contribution in [-0.4, -0.2) is 28.7 Å². The SMILES string of the molecule is CCOC(=O)c1c(C)cc2c(CC(=O)NN)nncc2c1C. The minimum atomic E-state index is -0.363. The van der Waals surface area contributed by atoms with E-state index in [1.165, 1.54) is 0 Å². The lowest BCUT2D eigenvalue weighted by Crippen LogP contribution is -2.31. The number of carbonyl (C=O) groups excluding carboxylic acids is 2. The number of nitrogens with two attached hydrogens (primary N) is 1. The number of fused-ring (bicyclic) bond motifs is 1. The van der Waals surface area contributed by atoms with E-state index in [4.69, 9.17) is 10.6 Å².